The third kappa shape index (κ3) is 8.18. The molecule has 0 atom stereocenters. The summed E-state index contributed by atoms with van der Waals surface area (Å²) in [5.41, 5.74) is 31.1. The van der Waals surface area contributed by atoms with Gasteiger partial charge in [0.05, 0.1) is 16.8 Å². The lowest BCUT2D eigenvalue weighted by Gasteiger charge is -2.52. The zero-order chi connectivity index (χ0) is 55.4. The van der Waals surface area contributed by atoms with E-state index in [4.69, 9.17) is 0 Å². The molecule has 0 aromatic heterocycles. The highest BCUT2D eigenvalue weighted by Gasteiger charge is 2.53. The molecule has 394 valence electrons. The lowest BCUT2D eigenvalue weighted by atomic mass is 9.20. The maximum atomic E-state index is 2.61. The summed E-state index contributed by atoms with van der Waals surface area (Å²) >= 11 is 0. The molecule has 0 fully saturated rings. The fraction of sp³-hybridized carbons (Fsp3) is 0.289. The van der Waals surface area contributed by atoms with Crippen molar-refractivity contribution in [1.82, 2.24) is 0 Å². The van der Waals surface area contributed by atoms with Gasteiger partial charge in [0.2, 0.25) is 13.4 Å². The first kappa shape index (κ1) is 52.6. The molecule has 0 unspecified atom stereocenters. The van der Waals surface area contributed by atoms with Gasteiger partial charge in [0.15, 0.2) is 0 Å². The predicted molar refractivity (Wildman–Crippen MR) is 344 cm³/mol. The minimum absolute atomic E-state index is 0.0620. The minimum Gasteiger partial charge on any atom is -0.310 e. The molecule has 12 rings (SSSR count). The number of hydrogen-bond donors (Lipinski definition) is 0. The third-order valence-corrected chi connectivity index (χ3v) is 18.8. The Kier molecular flexibility index (Phi) is 13.3. The Morgan fingerprint density at radius 3 is 1.06 bits per heavy atom. The fourth-order valence-corrected chi connectivity index (χ4v) is 14.9. The standard InChI is InChI=1S/C76H79B2N/c1-46(2)54-41-57(48(5)6)73(58(42-54)49(7)8)77-67-31-21-22-32-68(67)78(74-59(50(9)10)43-55(47(3)4)44-60(74)51(11)12)70-45-53(37-40-69(70)77)52-35-38-56(39-36-52)79-71-33-23-19-29-65(71)76(66-30-20-24-34-72(66)79)63-27-17-15-25-61(63)75(13,14)62-26-16-18-28-64(62)76/h15-51H,1-14H3. The Balaban J connectivity index is 1.06. The topological polar surface area (TPSA) is 3.24 Å². The van der Waals surface area contributed by atoms with E-state index in [9.17, 15) is 0 Å². The van der Waals surface area contributed by atoms with E-state index in [0.717, 1.165) is 5.69 Å². The Morgan fingerprint density at radius 1 is 0.316 bits per heavy atom. The van der Waals surface area contributed by atoms with E-state index in [1.807, 2.05) is 0 Å². The first-order chi connectivity index (χ1) is 37.9. The molecule has 1 aliphatic carbocycles. The van der Waals surface area contributed by atoms with E-state index in [2.05, 4.69) is 290 Å². The molecule has 0 saturated heterocycles. The number of rotatable bonds is 10. The highest BCUT2D eigenvalue weighted by Crippen LogP contribution is 2.62. The van der Waals surface area contributed by atoms with Crippen molar-refractivity contribution in [3.05, 3.63) is 255 Å². The smallest absolute Gasteiger partial charge is 0.240 e. The molecule has 3 aliphatic rings. The van der Waals surface area contributed by atoms with Crippen LogP contribution in [-0.4, -0.2) is 13.4 Å². The second-order valence-corrected chi connectivity index (χ2v) is 25.9. The normalized spacial score (nSPS) is 14.8. The summed E-state index contributed by atoms with van der Waals surface area (Å²) in [6, 6.07) is 73.9. The molecule has 2 aliphatic heterocycles. The van der Waals surface area contributed by atoms with Crippen LogP contribution in [0, 0.1) is 0 Å². The summed E-state index contributed by atoms with van der Waals surface area (Å²) in [5, 5.41) is 0. The average Bonchev–Trinajstić information content (AvgIpc) is 3.42. The molecule has 9 aromatic rings. The van der Waals surface area contributed by atoms with Crippen LogP contribution in [0.15, 0.2) is 188 Å². The van der Waals surface area contributed by atoms with Crippen LogP contribution < -0.4 is 37.7 Å². The van der Waals surface area contributed by atoms with Crippen molar-refractivity contribution in [3.63, 3.8) is 0 Å². The maximum Gasteiger partial charge on any atom is 0.240 e. The lowest BCUT2D eigenvalue weighted by molar-refractivity contribution is 0.556. The predicted octanol–water partition coefficient (Wildman–Crippen LogP) is 16.2. The van der Waals surface area contributed by atoms with E-state index in [-0.39, 0.29) is 18.8 Å². The molecule has 3 heteroatoms. The number of anilines is 3. The van der Waals surface area contributed by atoms with Gasteiger partial charge in [0.1, 0.15) is 0 Å². The number of para-hydroxylation sites is 2. The fourth-order valence-electron chi connectivity index (χ4n) is 14.9. The van der Waals surface area contributed by atoms with Crippen LogP contribution in [0.2, 0.25) is 0 Å². The summed E-state index contributed by atoms with van der Waals surface area (Å²) in [6.07, 6.45) is 0. The van der Waals surface area contributed by atoms with E-state index in [1.54, 1.807) is 0 Å². The van der Waals surface area contributed by atoms with E-state index >= 15 is 0 Å². The van der Waals surface area contributed by atoms with Gasteiger partial charge >= 0.3 is 0 Å². The zero-order valence-corrected chi connectivity index (χ0v) is 49.5. The Labute approximate surface area is 474 Å². The van der Waals surface area contributed by atoms with Crippen molar-refractivity contribution in [3.8, 4) is 11.1 Å². The number of hydrogen-bond acceptors (Lipinski definition) is 1. The van der Waals surface area contributed by atoms with Gasteiger partial charge in [0.25, 0.3) is 0 Å². The largest absolute Gasteiger partial charge is 0.310 e. The van der Waals surface area contributed by atoms with Gasteiger partial charge in [-0.2, -0.15) is 0 Å². The van der Waals surface area contributed by atoms with Crippen molar-refractivity contribution < 1.29 is 0 Å². The summed E-state index contributed by atoms with van der Waals surface area (Å²) in [4.78, 5) is 2.53. The second-order valence-electron chi connectivity index (χ2n) is 25.9. The van der Waals surface area contributed by atoms with Crippen LogP contribution in [0.3, 0.4) is 0 Å². The van der Waals surface area contributed by atoms with Crippen LogP contribution in [0.25, 0.3) is 11.1 Å². The molecule has 0 radical (unpaired) electrons. The first-order valence-corrected chi connectivity index (χ1v) is 29.8. The van der Waals surface area contributed by atoms with Crippen molar-refractivity contribution in [1.29, 1.82) is 0 Å². The third-order valence-electron chi connectivity index (χ3n) is 18.8. The molecule has 1 spiro atoms. The van der Waals surface area contributed by atoms with Gasteiger partial charge in [-0.3, -0.25) is 0 Å². The molecule has 0 bridgehead atoms. The van der Waals surface area contributed by atoms with Gasteiger partial charge in [-0.25, -0.2) is 0 Å². The number of fused-ring (bicyclic) bond motifs is 10. The molecule has 0 N–H and O–H groups in total. The highest BCUT2D eigenvalue weighted by molar-refractivity contribution is 7.11. The molecule has 9 aromatic carbocycles. The summed E-state index contributed by atoms with van der Waals surface area (Å²) in [5.74, 6) is 2.33. The second kappa shape index (κ2) is 19.9. The highest BCUT2D eigenvalue weighted by atomic mass is 15.2. The van der Waals surface area contributed by atoms with Crippen molar-refractivity contribution in [2.45, 2.75) is 143 Å². The first-order valence-electron chi connectivity index (χ1n) is 29.8. The summed E-state index contributed by atoms with van der Waals surface area (Å²) in [6.45, 7) is 33.7. The van der Waals surface area contributed by atoms with Crippen LogP contribution >= 0.6 is 0 Å². The average molecular weight is 1030 g/mol. The number of nitrogens with zero attached hydrogens (tertiary/aromatic N) is 1. The Morgan fingerprint density at radius 2 is 0.658 bits per heavy atom. The van der Waals surface area contributed by atoms with Crippen LogP contribution in [0.5, 0.6) is 0 Å². The quantitative estimate of drug-likeness (QED) is 0.123. The SMILES string of the molecule is CC(C)c1cc(C(C)C)c(B2c3ccccc3B(c3c(C(C)C)cc(C(C)C)cc3C(C)C)c3cc(-c4ccc(N5c6ccccc6C6(c7ccccc75)c5ccccc5C(C)(C)c5ccccc56)cc4)ccc32)c(C(C)C)c1. The van der Waals surface area contributed by atoms with Gasteiger partial charge in [-0.05, 0) is 138 Å². The molecule has 0 amide bonds. The van der Waals surface area contributed by atoms with Gasteiger partial charge in [-0.15, -0.1) is 0 Å². The summed E-state index contributed by atoms with van der Waals surface area (Å²) in [7, 11) is 0. The van der Waals surface area contributed by atoms with Crippen LogP contribution in [-0.2, 0) is 10.8 Å². The monoisotopic (exact) mass is 1030 g/mol. The van der Waals surface area contributed by atoms with Gasteiger partial charge in [0, 0.05) is 11.1 Å². The Bertz CT molecular complexity index is 3650. The zero-order valence-electron chi connectivity index (χ0n) is 49.5. The minimum atomic E-state index is -0.495. The molecule has 0 saturated carbocycles. The van der Waals surface area contributed by atoms with Crippen molar-refractivity contribution in [2.24, 2.45) is 0 Å². The van der Waals surface area contributed by atoms with Gasteiger partial charge in [-0.1, -0.05) is 294 Å². The maximum absolute atomic E-state index is 2.61. The Hall–Kier alpha value is -7.09. The van der Waals surface area contributed by atoms with E-state index in [0.29, 0.717) is 35.5 Å². The van der Waals surface area contributed by atoms with Gasteiger partial charge < -0.3 is 4.90 Å². The van der Waals surface area contributed by atoms with Crippen LogP contribution in [0.1, 0.15) is 199 Å². The van der Waals surface area contributed by atoms with Crippen LogP contribution in [0.4, 0.5) is 17.1 Å². The number of benzene rings is 9. The summed E-state index contributed by atoms with van der Waals surface area (Å²) < 4.78 is 0. The van der Waals surface area contributed by atoms with Crippen molar-refractivity contribution >= 4 is 63.3 Å². The molecule has 2 heterocycles. The van der Waals surface area contributed by atoms with Crippen molar-refractivity contribution in [2.75, 3.05) is 4.90 Å². The molecule has 1 nitrogen and oxygen atoms in total. The lowest BCUT2D eigenvalue weighted by Crippen LogP contribution is -2.76. The van der Waals surface area contributed by atoms with E-state index in [1.165, 1.54) is 122 Å². The molecule has 79 heavy (non-hydrogen) atoms. The van der Waals surface area contributed by atoms with E-state index < -0.39 is 5.41 Å². The molecular weight excluding hydrogens is 948 g/mol. The molecular formula is C76H79B2N.